The van der Waals surface area contributed by atoms with Crippen molar-refractivity contribution < 1.29 is 4.74 Å². The van der Waals surface area contributed by atoms with E-state index in [1.807, 2.05) is 0 Å². The molecular weight excluding hydrogens is 294 g/mol. The van der Waals surface area contributed by atoms with Gasteiger partial charge in [-0.2, -0.15) is 0 Å². The molecule has 0 N–H and O–H groups in total. The third-order valence-corrected chi connectivity index (χ3v) is 5.21. The molecule has 0 aromatic heterocycles. The Bertz CT molecular complexity index is 797. The number of hydrogen-bond donors (Lipinski definition) is 0. The molecule has 2 bridgehead atoms. The maximum Gasteiger partial charge on any atom is 0.118 e. The van der Waals surface area contributed by atoms with Crippen LogP contribution in [0.15, 0.2) is 60.7 Å². The summed E-state index contributed by atoms with van der Waals surface area (Å²) in [5.74, 6) is 2.01. The Morgan fingerprint density at radius 2 is 1.29 bits per heavy atom. The molecule has 0 saturated carbocycles. The second-order valence-electron chi connectivity index (χ2n) is 6.83. The Morgan fingerprint density at radius 3 is 1.75 bits per heavy atom. The third-order valence-electron chi connectivity index (χ3n) is 5.21. The summed E-state index contributed by atoms with van der Waals surface area (Å²) in [6.07, 6.45) is 5.97. The second-order valence-corrected chi connectivity index (χ2v) is 6.83. The Kier molecular flexibility index (Phi) is 3.68. The van der Waals surface area contributed by atoms with Gasteiger partial charge in [0.15, 0.2) is 0 Å². The normalized spacial score (nSPS) is 21.5. The molecule has 2 atom stereocenters. The van der Waals surface area contributed by atoms with Crippen LogP contribution in [0.3, 0.4) is 0 Å². The molecule has 0 amide bonds. The van der Waals surface area contributed by atoms with Gasteiger partial charge in [0, 0.05) is 31.6 Å². The van der Waals surface area contributed by atoms with Gasteiger partial charge < -0.3 is 9.64 Å². The molecule has 2 aromatic rings. The zero-order chi connectivity index (χ0) is 16.7. The van der Waals surface area contributed by atoms with E-state index in [0.29, 0.717) is 11.8 Å². The molecule has 2 nitrogen and oxygen atoms in total. The highest BCUT2D eigenvalue weighted by Crippen LogP contribution is 2.52. The molecule has 0 saturated heterocycles. The van der Waals surface area contributed by atoms with Crippen LogP contribution in [0.4, 0.5) is 5.69 Å². The van der Waals surface area contributed by atoms with Crippen molar-refractivity contribution in [2.24, 2.45) is 11.8 Å². The number of methoxy groups -OCH3 is 1. The average molecular weight is 317 g/mol. The van der Waals surface area contributed by atoms with Gasteiger partial charge in [-0.25, -0.2) is 0 Å². The van der Waals surface area contributed by atoms with Crippen LogP contribution in [0.2, 0.25) is 0 Å². The Labute approximate surface area is 144 Å². The van der Waals surface area contributed by atoms with Crippen molar-refractivity contribution in [1.29, 1.82) is 0 Å². The van der Waals surface area contributed by atoms with Crippen LogP contribution in [0.1, 0.15) is 17.5 Å². The van der Waals surface area contributed by atoms with Crippen LogP contribution in [-0.2, 0) is 0 Å². The lowest BCUT2D eigenvalue weighted by Crippen LogP contribution is -2.08. The van der Waals surface area contributed by atoms with Crippen molar-refractivity contribution in [2.75, 3.05) is 26.1 Å². The van der Waals surface area contributed by atoms with E-state index in [9.17, 15) is 0 Å². The molecule has 2 aliphatic carbocycles. The quantitative estimate of drug-likeness (QED) is 0.745. The predicted octanol–water partition coefficient (Wildman–Crippen LogP) is 4.88. The minimum Gasteiger partial charge on any atom is -0.497 e. The van der Waals surface area contributed by atoms with Crippen LogP contribution in [0, 0.1) is 11.8 Å². The first-order valence-corrected chi connectivity index (χ1v) is 8.52. The van der Waals surface area contributed by atoms with Crippen molar-refractivity contribution >= 4 is 16.8 Å². The summed E-state index contributed by atoms with van der Waals surface area (Å²) in [4.78, 5) is 2.14. The predicted molar refractivity (Wildman–Crippen MR) is 101 cm³/mol. The molecular formula is C22H23NO. The standard InChI is InChI=1S/C22H23NO/c1-23(2)19-10-6-15(7-11-19)21-17-4-5-18(14-17)22(21)16-8-12-20(24-3)13-9-16/h4-13,17-18H,14H2,1-3H3/t17-,18+/m0/s1. The van der Waals surface area contributed by atoms with Crippen molar-refractivity contribution in [3.05, 3.63) is 71.8 Å². The van der Waals surface area contributed by atoms with Crippen LogP contribution in [0.5, 0.6) is 5.75 Å². The molecule has 0 unspecified atom stereocenters. The van der Waals surface area contributed by atoms with E-state index in [4.69, 9.17) is 4.74 Å². The summed E-state index contributed by atoms with van der Waals surface area (Å²) in [5, 5.41) is 0. The molecule has 0 heterocycles. The number of fused-ring (bicyclic) bond motifs is 2. The van der Waals surface area contributed by atoms with E-state index >= 15 is 0 Å². The van der Waals surface area contributed by atoms with E-state index in [1.165, 1.54) is 34.4 Å². The summed E-state index contributed by atoms with van der Waals surface area (Å²) in [5.41, 5.74) is 6.90. The van der Waals surface area contributed by atoms with E-state index in [-0.39, 0.29) is 0 Å². The number of hydrogen-bond acceptors (Lipinski definition) is 2. The van der Waals surface area contributed by atoms with Gasteiger partial charge in [-0.05, 0) is 53.0 Å². The molecule has 0 radical (unpaired) electrons. The summed E-state index contributed by atoms with van der Waals surface area (Å²) < 4.78 is 5.31. The molecule has 0 aliphatic heterocycles. The van der Waals surface area contributed by atoms with Crippen molar-refractivity contribution in [1.82, 2.24) is 0 Å². The monoisotopic (exact) mass is 317 g/mol. The van der Waals surface area contributed by atoms with E-state index in [1.54, 1.807) is 7.11 Å². The van der Waals surface area contributed by atoms with Gasteiger partial charge in [-0.3, -0.25) is 0 Å². The molecule has 2 aromatic carbocycles. The molecule has 0 spiro atoms. The topological polar surface area (TPSA) is 12.5 Å². The van der Waals surface area contributed by atoms with Gasteiger partial charge in [0.05, 0.1) is 7.11 Å². The minimum atomic E-state index is 0.548. The Hall–Kier alpha value is -2.48. The number of benzene rings is 2. The van der Waals surface area contributed by atoms with Crippen molar-refractivity contribution in [2.45, 2.75) is 6.42 Å². The summed E-state index contributed by atoms with van der Waals surface area (Å²) in [6, 6.07) is 17.5. The second kappa shape index (κ2) is 5.86. The Morgan fingerprint density at radius 1 is 0.792 bits per heavy atom. The first-order chi connectivity index (χ1) is 11.7. The van der Waals surface area contributed by atoms with E-state index in [0.717, 1.165) is 5.75 Å². The molecule has 0 fully saturated rings. The summed E-state index contributed by atoms with van der Waals surface area (Å²) >= 11 is 0. The van der Waals surface area contributed by atoms with Crippen LogP contribution >= 0.6 is 0 Å². The number of anilines is 1. The number of allylic oxidation sites excluding steroid dienone is 4. The van der Waals surface area contributed by atoms with Crippen molar-refractivity contribution in [3.63, 3.8) is 0 Å². The highest BCUT2D eigenvalue weighted by Gasteiger charge is 2.36. The first-order valence-electron chi connectivity index (χ1n) is 8.52. The number of nitrogens with zero attached hydrogens (tertiary/aromatic N) is 1. The SMILES string of the molecule is COc1ccc(C2=C(c3ccc(N(C)C)cc3)[C@H]3C=C[C@@H]2C3)cc1. The lowest BCUT2D eigenvalue weighted by Gasteiger charge is -2.19. The van der Waals surface area contributed by atoms with Gasteiger partial charge in [0.2, 0.25) is 0 Å². The lowest BCUT2D eigenvalue weighted by molar-refractivity contribution is 0.415. The largest absolute Gasteiger partial charge is 0.497 e. The third kappa shape index (κ3) is 2.43. The molecule has 4 rings (SSSR count). The minimum absolute atomic E-state index is 0.548. The first kappa shape index (κ1) is 15.1. The van der Waals surface area contributed by atoms with Gasteiger partial charge in [0.1, 0.15) is 5.75 Å². The van der Waals surface area contributed by atoms with Crippen LogP contribution in [-0.4, -0.2) is 21.2 Å². The Balaban J connectivity index is 1.78. The maximum absolute atomic E-state index is 5.31. The maximum atomic E-state index is 5.31. The highest BCUT2D eigenvalue weighted by atomic mass is 16.5. The average Bonchev–Trinajstić information content (AvgIpc) is 3.23. The molecule has 2 heteroatoms. The summed E-state index contributed by atoms with van der Waals surface area (Å²) in [6.45, 7) is 0. The van der Waals surface area contributed by atoms with E-state index in [2.05, 4.69) is 79.7 Å². The van der Waals surface area contributed by atoms with Gasteiger partial charge in [-0.15, -0.1) is 0 Å². The summed E-state index contributed by atoms with van der Waals surface area (Å²) in [7, 11) is 5.88. The number of rotatable bonds is 4. The molecule has 122 valence electrons. The zero-order valence-corrected chi connectivity index (χ0v) is 14.5. The smallest absolute Gasteiger partial charge is 0.118 e. The fraction of sp³-hybridized carbons (Fsp3) is 0.273. The number of ether oxygens (including phenoxy) is 1. The zero-order valence-electron chi connectivity index (χ0n) is 14.5. The fourth-order valence-corrected chi connectivity index (χ4v) is 3.98. The fourth-order valence-electron chi connectivity index (χ4n) is 3.98. The van der Waals surface area contributed by atoms with Gasteiger partial charge in [0.25, 0.3) is 0 Å². The van der Waals surface area contributed by atoms with E-state index < -0.39 is 0 Å². The van der Waals surface area contributed by atoms with Crippen LogP contribution in [0.25, 0.3) is 11.1 Å². The van der Waals surface area contributed by atoms with Gasteiger partial charge in [-0.1, -0.05) is 36.4 Å². The van der Waals surface area contributed by atoms with Crippen LogP contribution < -0.4 is 9.64 Å². The molecule has 24 heavy (non-hydrogen) atoms. The lowest BCUT2D eigenvalue weighted by atomic mass is 9.87. The molecule has 2 aliphatic rings. The van der Waals surface area contributed by atoms with Gasteiger partial charge >= 0.3 is 0 Å². The highest BCUT2D eigenvalue weighted by molar-refractivity contribution is 5.98. The van der Waals surface area contributed by atoms with Crippen molar-refractivity contribution in [3.8, 4) is 5.75 Å².